The van der Waals surface area contributed by atoms with Crippen molar-refractivity contribution in [2.45, 2.75) is 47.5 Å². The summed E-state index contributed by atoms with van der Waals surface area (Å²) in [6.07, 6.45) is 2.64. The van der Waals surface area contributed by atoms with Gasteiger partial charge in [0.25, 0.3) is 0 Å². The molecule has 0 atom stereocenters. The number of rotatable bonds is 1. The largest absolute Gasteiger partial charge is 0.300 e. The molecule has 0 bridgehead atoms. The lowest BCUT2D eigenvalue weighted by molar-refractivity contribution is -0.114. The van der Waals surface area contributed by atoms with Crippen LogP contribution in [0.25, 0.3) is 0 Å². The molecule has 0 saturated heterocycles. The maximum Gasteiger partial charge on any atom is 0.126 e. The van der Waals surface area contributed by atoms with Gasteiger partial charge in [-0.25, -0.2) is 0 Å². The lowest BCUT2D eigenvalue weighted by Crippen LogP contribution is -1.69. The quantitative estimate of drug-likeness (QED) is 0.668. The number of carbonyl (C=O) groups is 1. The van der Waals surface area contributed by atoms with E-state index in [1.54, 1.807) is 0 Å². The molecule has 1 rings (SSSR count). The Labute approximate surface area is 94.5 Å². The Morgan fingerprint density at radius 3 is 1.47 bits per heavy atom. The minimum atomic E-state index is 0.167. The summed E-state index contributed by atoms with van der Waals surface area (Å²) in [4.78, 5) is 9.44. The van der Waals surface area contributed by atoms with Crippen molar-refractivity contribution in [3.63, 3.8) is 0 Å². The molecule has 0 heterocycles. The maximum absolute atomic E-state index is 9.44. The zero-order valence-corrected chi connectivity index (χ0v) is 10.7. The topological polar surface area (TPSA) is 17.1 Å². The monoisotopic (exact) mass is 208 g/mol. The van der Waals surface area contributed by atoms with E-state index in [2.05, 4.69) is 32.9 Å². The van der Waals surface area contributed by atoms with E-state index in [0.29, 0.717) is 0 Å². The van der Waals surface area contributed by atoms with Gasteiger partial charge in [-0.1, -0.05) is 62.6 Å². The van der Waals surface area contributed by atoms with Gasteiger partial charge in [-0.2, -0.15) is 0 Å². The van der Waals surface area contributed by atoms with Gasteiger partial charge in [-0.05, 0) is 20.8 Å². The molecule has 0 N–H and O–H groups in total. The third-order valence-corrected chi connectivity index (χ3v) is 1.44. The summed E-state index contributed by atoms with van der Waals surface area (Å²) < 4.78 is 0. The van der Waals surface area contributed by atoms with Crippen LogP contribution in [0.2, 0.25) is 0 Å². The molecule has 0 aliphatic rings. The predicted octanol–water partition coefficient (Wildman–Crippen LogP) is 4.40. The standard InChI is InChI=1S/C7H8.C4H10.C3H6O/c1-7-5-3-2-4-6-7;1-3-4-2;1-3(2)4/h2-6H,1H3;3-4H2,1-2H3;1-2H3. The van der Waals surface area contributed by atoms with E-state index in [1.165, 1.54) is 32.3 Å². The molecule has 0 aromatic heterocycles. The van der Waals surface area contributed by atoms with Crippen LogP contribution in [0.1, 0.15) is 46.1 Å². The summed E-state index contributed by atoms with van der Waals surface area (Å²) in [5.41, 5.74) is 1.32. The van der Waals surface area contributed by atoms with Crippen molar-refractivity contribution >= 4 is 5.78 Å². The average Bonchev–Trinajstić information content (AvgIpc) is 2.18. The van der Waals surface area contributed by atoms with Crippen molar-refractivity contribution in [3.05, 3.63) is 35.9 Å². The number of hydrogen-bond donors (Lipinski definition) is 0. The highest BCUT2D eigenvalue weighted by Crippen LogP contribution is 1.92. The average molecular weight is 208 g/mol. The number of benzene rings is 1. The number of ketones is 1. The first-order valence-electron chi connectivity index (χ1n) is 5.53. The number of Topliss-reactive ketones (excluding diaryl/α,β-unsaturated/α-hetero) is 1. The van der Waals surface area contributed by atoms with Crippen LogP contribution in [0.4, 0.5) is 0 Å². The lowest BCUT2D eigenvalue weighted by Gasteiger charge is -1.82. The van der Waals surface area contributed by atoms with Gasteiger partial charge in [0.2, 0.25) is 0 Å². The molecule has 1 heteroatoms. The fourth-order valence-electron chi connectivity index (χ4n) is 0.534. The minimum Gasteiger partial charge on any atom is -0.300 e. The van der Waals surface area contributed by atoms with E-state index in [0.717, 1.165) is 0 Å². The predicted molar refractivity (Wildman–Crippen MR) is 68.1 cm³/mol. The van der Waals surface area contributed by atoms with Crippen molar-refractivity contribution in [3.8, 4) is 0 Å². The van der Waals surface area contributed by atoms with Gasteiger partial charge in [-0.15, -0.1) is 0 Å². The first-order valence-corrected chi connectivity index (χ1v) is 5.53. The SMILES string of the molecule is CC(C)=O.CCCC.Cc1ccccc1. The number of unbranched alkanes of at least 4 members (excludes halogenated alkanes) is 1. The molecule has 0 aliphatic heterocycles. The Morgan fingerprint density at radius 1 is 1.00 bits per heavy atom. The van der Waals surface area contributed by atoms with Crippen molar-refractivity contribution in [1.82, 2.24) is 0 Å². The molecule has 15 heavy (non-hydrogen) atoms. The molecule has 86 valence electrons. The number of hydrogen-bond acceptors (Lipinski definition) is 1. The molecule has 0 aliphatic carbocycles. The van der Waals surface area contributed by atoms with E-state index in [4.69, 9.17) is 0 Å². The van der Waals surface area contributed by atoms with Gasteiger partial charge >= 0.3 is 0 Å². The smallest absolute Gasteiger partial charge is 0.126 e. The highest BCUT2D eigenvalue weighted by atomic mass is 16.1. The van der Waals surface area contributed by atoms with Crippen LogP contribution in [0.3, 0.4) is 0 Å². The van der Waals surface area contributed by atoms with Crippen LogP contribution in [-0.4, -0.2) is 5.78 Å². The molecule has 1 aromatic carbocycles. The highest BCUT2D eigenvalue weighted by Gasteiger charge is 1.72. The minimum absolute atomic E-state index is 0.167. The summed E-state index contributed by atoms with van der Waals surface area (Å²) in [5, 5.41) is 0. The molecule has 0 amide bonds. The molecule has 0 spiro atoms. The molecule has 1 aromatic rings. The van der Waals surface area contributed by atoms with Crippen LogP contribution in [0.15, 0.2) is 30.3 Å². The first-order chi connectivity index (χ1) is 7.04. The Kier molecular flexibility index (Phi) is 14.0. The third kappa shape index (κ3) is 24.6. The van der Waals surface area contributed by atoms with Crippen LogP contribution in [0.5, 0.6) is 0 Å². The van der Waals surface area contributed by atoms with Crippen LogP contribution >= 0.6 is 0 Å². The van der Waals surface area contributed by atoms with Crippen molar-refractivity contribution in [2.24, 2.45) is 0 Å². The summed E-state index contributed by atoms with van der Waals surface area (Å²) in [7, 11) is 0. The second-order valence-electron chi connectivity index (χ2n) is 3.56. The fraction of sp³-hybridized carbons (Fsp3) is 0.500. The number of aryl methyl sites for hydroxylation is 1. The second kappa shape index (κ2) is 12.9. The Morgan fingerprint density at radius 2 is 1.33 bits per heavy atom. The zero-order valence-electron chi connectivity index (χ0n) is 10.7. The van der Waals surface area contributed by atoms with E-state index >= 15 is 0 Å². The van der Waals surface area contributed by atoms with E-state index in [9.17, 15) is 4.79 Å². The summed E-state index contributed by atoms with van der Waals surface area (Å²) in [5.74, 6) is 0.167. The maximum atomic E-state index is 9.44. The van der Waals surface area contributed by atoms with Gasteiger partial charge in [0, 0.05) is 0 Å². The van der Waals surface area contributed by atoms with Crippen molar-refractivity contribution in [2.75, 3.05) is 0 Å². The fourth-order valence-corrected chi connectivity index (χ4v) is 0.534. The molecule has 0 saturated carbocycles. The molecule has 1 nitrogen and oxygen atoms in total. The van der Waals surface area contributed by atoms with Crippen molar-refractivity contribution < 1.29 is 4.79 Å². The normalized spacial score (nSPS) is 7.80. The zero-order chi connectivity index (χ0) is 12.1. The molecular weight excluding hydrogens is 184 g/mol. The van der Waals surface area contributed by atoms with Gasteiger partial charge in [-0.3, -0.25) is 0 Å². The summed E-state index contributed by atoms with van der Waals surface area (Å²) in [6.45, 7) is 9.50. The Balaban J connectivity index is 0. The van der Waals surface area contributed by atoms with E-state index in [1.807, 2.05) is 18.2 Å². The molecule has 0 fully saturated rings. The lowest BCUT2D eigenvalue weighted by atomic mass is 10.2. The Hall–Kier alpha value is -1.11. The van der Waals surface area contributed by atoms with Gasteiger partial charge in [0.05, 0.1) is 0 Å². The van der Waals surface area contributed by atoms with Gasteiger partial charge in [0.1, 0.15) is 5.78 Å². The van der Waals surface area contributed by atoms with E-state index in [-0.39, 0.29) is 5.78 Å². The van der Waals surface area contributed by atoms with E-state index < -0.39 is 0 Å². The van der Waals surface area contributed by atoms with Crippen LogP contribution in [-0.2, 0) is 4.79 Å². The van der Waals surface area contributed by atoms with Gasteiger partial charge in [0.15, 0.2) is 0 Å². The second-order valence-corrected chi connectivity index (χ2v) is 3.56. The number of carbonyl (C=O) groups excluding carboxylic acids is 1. The van der Waals surface area contributed by atoms with Crippen LogP contribution in [0, 0.1) is 6.92 Å². The van der Waals surface area contributed by atoms with Crippen molar-refractivity contribution in [1.29, 1.82) is 0 Å². The first kappa shape index (κ1) is 16.3. The molecule has 0 radical (unpaired) electrons. The Bertz CT molecular complexity index is 220. The third-order valence-electron chi connectivity index (χ3n) is 1.44. The summed E-state index contributed by atoms with van der Waals surface area (Å²) >= 11 is 0. The summed E-state index contributed by atoms with van der Waals surface area (Å²) in [6, 6.07) is 10.3. The molecular formula is C14H24O. The highest BCUT2D eigenvalue weighted by molar-refractivity contribution is 5.72. The van der Waals surface area contributed by atoms with Crippen LogP contribution < -0.4 is 0 Å². The molecule has 0 unspecified atom stereocenters. The van der Waals surface area contributed by atoms with Gasteiger partial charge < -0.3 is 4.79 Å².